The number of nitrogens with one attached hydrogen (secondary N) is 1. The molecule has 0 heterocycles. The summed E-state index contributed by atoms with van der Waals surface area (Å²) in [6.45, 7) is 0.444. The maximum Gasteiger partial charge on any atom is 0.242 e. The van der Waals surface area contributed by atoms with Gasteiger partial charge in [-0.15, -0.1) is 0 Å². The Kier molecular flexibility index (Phi) is 4.49. The lowest BCUT2D eigenvalue weighted by atomic mass is 10.1. The average Bonchev–Trinajstić information content (AvgIpc) is 2.16. The van der Waals surface area contributed by atoms with Gasteiger partial charge < -0.3 is 4.84 Å². The van der Waals surface area contributed by atoms with Gasteiger partial charge in [0.05, 0.1) is 7.11 Å². The molecule has 78 valence electrons. The van der Waals surface area contributed by atoms with Gasteiger partial charge in [0.1, 0.15) is 0 Å². The van der Waals surface area contributed by atoms with E-state index in [-0.39, 0.29) is 6.42 Å². The van der Waals surface area contributed by atoms with Crippen molar-refractivity contribution in [2.24, 2.45) is 0 Å². The van der Waals surface area contributed by atoms with Crippen LogP contribution in [0.2, 0.25) is 0 Å². The highest BCUT2D eigenvalue weighted by Gasteiger charge is 2.08. The number of halogens is 2. The summed E-state index contributed by atoms with van der Waals surface area (Å²) >= 11 is 0. The first-order valence-corrected chi connectivity index (χ1v) is 4.35. The van der Waals surface area contributed by atoms with Gasteiger partial charge in [-0.05, 0) is 11.1 Å². The molecule has 0 amide bonds. The Morgan fingerprint density at radius 1 is 1.29 bits per heavy atom. The number of rotatable bonds is 5. The molecular weight excluding hydrogens is 188 g/mol. The van der Waals surface area contributed by atoms with Crippen LogP contribution in [0.1, 0.15) is 11.1 Å². The minimum atomic E-state index is -2.31. The van der Waals surface area contributed by atoms with Gasteiger partial charge in [-0.25, -0.2) is 8.78 Å². The Labute approximate surface area is 81.8 Å². The van der Waals surface area contributed by atoms with E-state index in [1.165, 1.54) is 7.11 Å². The maximum atomic E-state index is 12.2. The van der Waals surface area contributed by atoms with Gasteiger partial charge in [-0.3, -0.25) is 0 Å². The molecule has 0 aliphatic carbocycles. The molecule has 0 radical (unpaired) electrons. The summed E-state index contributed by atoms with van der Waals surface area (Å²) in [5.74, 6) is 0. The highest BCUT2D eigenvalue weighted by Crippen LogP contribution is 2.13. The monoisotopic (exact) mass is 201 g/mol. The van der Waals surface area contributed by atoms with E-state index in [1.54, 1.807) is 12.1 Å². The lowest BCUT2D eigenvalue weighted by Crippen LogP contribution is -2.13. The standard InChI is InChI=1S/C10H13F2NO/c1-14-13-7-9-5-3-2-4-8(9)6-10(11)12/h2-5,10,13H,6-7H2,1H3. The van der Waals surface area contributed by atoms with Gasteiger partial charge in [-0.1, -0.05) is 24.3 Å². The molecule has 4 heteroatoms. The van der Waals surface area contributed by atoms with E-state index < -0.39 is 6.43 Å². The zero-order valence-corrected chi connectivity index (χ0v) is 7.97. The third kappa shape index (κ3) is 3.40. The highest BCUT2D eigenvalue weighted by molar-refractivity contribution is 5.27. The molecule has 1 aromatic carbocycles. The molecule has 0 saturated heterocycles. The van der Waals surface area contributed by atoms with Crippen LogP contribution in [0.25, 0.3) is 0 Å². The van der Waals surface area contributed by atoms with E-state index in [1.807, 2.05) is 12.1 Å². The molecule has 0 bridgehead atoms. The van der Waals surface area contributed by atoms with Crippen LogP contribution in [0, 0.1) is 0 Å². The molecule has 1 aromatic rings. The van der Waals surface area contributed by atoms with E-state index in [0.717, 1.165) is 5.56 Å². The van der Waals surface area contributed by atoms with Crippen LogP contribution in [0.15, 0.2) is 24.3 Å². The van der Waals surface area contributed by atoms with Crippen LogP contribution in [-0.4, -0.2) is 13.5 Å². The van der Waals surface area contributed by atoms with Crippen LogP contribution in [0.3, 0.4) is 0 Å². The summed E-state index contributed by atoms with van der Waals surface area (Å²) in [4.78, 5) is 4.67. The topological polar surface area (TPSA) is 21.3 Å². The first kappa shape index (κ1) is 11.1. The second kappa shape index (κ2) is 5.67. The van der Waals surface area contributed by atoms with Gasteiger partial charge >= 0.3 is 0 Å². The summed E-state index contributed by atoms with van der Waals surface area (Å²) in [5.41, 5.74) is 4.13. The van der Waals surface area contributed by atoms with E-state index in [9.17, 15) is 8.78 Å². The van der Waals surface area contributed by atoms with E-state index in [4.69, 9.17) is 0 Å². The molecule has 0 spiro atoms. The molecule has 14 heavy (non-hydrogen) atoms. The number of alkyl halides is 2. The summed E-state index contributed by atoms with van der Waals surface area (Å²) in [6.07, 6.45) is -2.51. The Morgan fingerprint density at radius 2 is 1.93 bits per heavy atom. The van der Waals surface area contributed by atoms with E-state index in [2.05, 4.69) is 10.3 Å². The number of benzene rings is 1. The molecule has 0 aliphatic rings. The SMILES string of the molecule is CONCc1ccccc1CC(F)F. The molecule has 1 N–H and O–H groups in total. The third-order valence-electron chi connectivity index (χ3n) is 1.90. The lowest BCUT2D eigenvalue weighted by molar-refractivity contribution is 0.0861. The fourth-order valence-electron chi connectivity index (χ4n) is 1.25. The predicted octanol–water partition coefficient (Wildman–Crippen LogP) is 2.15. The first-order valence-electron chi connectivity index (χ1n) is 4.35. The minimum Gasteiger partial charge on any atom is -0.305 e. The van der Waals surface area contributed by atoms with Crippen molar-refractivity contribution in [2.75, 3.05) is 7.11 Å². The molecule has 0 atom stereocenters. The molecule has 0 unspecified atom stereocenters. The van der Waals surface area contributed by atoms with Gasteiger partial charge in [0, 0.05) is 13.0 Å². The summed E-state index contributed by atoms with van der Waals surface area (Å²) in [6, 6.07) is 7.10. The summed E-state index contributed by atoms with van der Waals surface area (Å²) in [5, 5.41) is 0. The average molecular weight is 201 g/mol. The van der Waals surface area contributed by atoms with Gasteiger partial charge in [0.15, 0.2) is 0 Å². The molecule has 0 aliphatic heterocycles. The van der Waals surface area contributed by atoms with Gasteiger partial charge in [0.2, 0.25) is 6.43 Å². The molecular formula is C10H13F2NO. The largest absolute Gasteiger partial charge is 0.305 e. The van der Waals surface area contributed by atoms with Crippen LogP contribution < -0.4 is 5.48 Å². The number of hydrogen-bond acceptors (Lipinski definition) is 2. The van der Waals surface area contributed by atoms with Crippen LogP contribution in [0.5, 0.6) is 0 Å². The van der Waals surface area contributed by atoms with Crippen molar-refractivity contribution in [3.63, 3.8) is 0 Å². The van der Waals surface area contributed by atoms with Gasteiger partial charge in [-0.2, -0.15) is 5.48 Å². The molecule has 0 fully saturated rings. The van der Waals surface area contributed by atoms with E-state index >= 15 is 0 Å². The molecule has 0 saturated carbocycles. The van der Waals surface area contributed by atoms with Crippen molar-refractivity contribution in [3.05, 3.63) is 35.4 Å². The maximum absolute atomic E-state index is 12.2. The number of hydrogen-bond donors (Lipinski definition) is 1. The zero-order valence-electron chi connectivity index (χ0n) is 7.97. The summed E-state index contributed by atoms with van der Waals surface area (Å²) < 4.78 is 24.3. The molecule has 1 rings (SSSR count). The van der Waals surface area contributed by atoms with Crippen molar-refractivity contribution >= 4 is 0 Å². The second-order valence-electron chi connectivity index (χ2n) is 2.89. The van der Waals surface area contributed by atoms with Crippen molar-refractivity contribution in [2.45, 2.75) is 19.4 Å². The van der Waals surface area contributed by atoms with E-state index in [0.29, 0.717) is 12.1 Å². The van der Waals surface area contributed by atoms with Crippen LogP contribution in [-0.2, 0) is 17.8 Å². The second-order valence-corrected chi connectivity index (χ2v) is 2.89. The molecule has 2 nitrogen and oxygen atoms in total. The Hall–Kier alpha value is -1.00. The van der Waals surface area contributed by atoms with Crippen LogP contribution >= 0.6 is 0 Å². The Morgan fingerprint density at radius 3 is 2.50 bits per heavy atom. The van der Waals surface area contributed by atoms with Crippen LogP contribution in [0.4, 0.5) is 8.78 Å². The van der Waals surface area contributed by atoms with Crippen molar-refractivity contribution < 1.29 is 13.6 Å². The smallest absolute Gasteiger partial charge is 0.242 e. The molecule has 0 aromatic heterocycles. The van der Waals surface area contributed by atoms with Crippen molar-refractivity contribution in [1.82, 2.24) is 5.48 Å². The quantitative estimate of drug-likeness (QED) is 0.737. The fourth-order valence-corrected chi connectivity index (χ4v) is 1.25. The van der Waals surface area contributed by atoms with Gasteiger partial charge in [0.25, 0.3) is 0 Å². The highest BCUT2D eigenvalue weighted by atomic mass is 19.3. The lowest BCUT2D eigenvalue weighted by Gasteiger charge is -2.08. The normalized spacial score (nSPS) is 10.9. The van der Waals surface area contributed by atoms with Crippen molar-refractivity contribution in [1.29, 1.82) is 0 Å². The zero-order chi connectivity index (χ0) is 10.4. The van der Waals surface area contributed by atoms with Crippen molar-refractivity contribution in [3.8, 4) is 0 Å². The third-order valence-corrected chi connectivity index (χ3v) is 1.90. The first-order chi connectivity index (χ1) is 6.74. The summed E-state index contributed by atoms with van der Waals surface area (Å²) in [7, 11) is 1.50. The minimum absolute atomic E-state index is 0.207. The Balaban J connectivity index is 2.69. The number of hydroxylamine groups is 1. The Bertz CT molecular complexity index is 279. The fraction of sp³-hybridized carbons (Fsp3) is 0.400. The predicted molar refractivity (Wildman–Crippen MR) is 50.0 cm³/mol.